The van der Waals surface area contributed by atoms with Crippen LogP contribution in [0.1, 0.15) is 55.8 Å². The Kier molecular flexibility index (Phi) is 6.48. The Morgan fingerprint density at radius 3 is 2.24 bits per heavy atom. The Morgan fingerprint density at radius 1 is 0.920 bits per heavy atom. The van der Waals surface area contributed by atoms with Crippen LogP contribution in [-0.4, -0.2) is 24.8 Å². The molecule has 134 valence electrons. The van der Waals surface area contributed by atoms with Gasteiger partial charge in [0.1, 0.15) is 0 Å². The molecule has 0 amide bonds. The van der Waals surface area contributed by atoms with Crippen molar-refractivity contribution in [2.24, 2.45) is 0 Å². The summed E-state index contributed by atoms with van der Waals surface area (Å²) in [7, 11) is 0. The van der Waals surface area contributed by atoms with Crippen molar-refractivity contribution < 1.29 is 5.11 Å². The third-order valence-electron chi connectivity index (χ3n) is 5.19. The second-order valence-corrected chi connectivity index (χ2v) is 7.00. The van der Waals surface area contributed by atoms with E-state index in [-0.39, 0.29) is 18.7 Å². The molecule has 1 aliphatic rings. The van der Waals surface area contributed by atoms with E-state index in [1.807, 2.05) is 6.07 Å². The Balaban J connectivity index is 1.66. The van der Waals surface area contributed by atoms with E-state index < -0.39 is 0 Å². The topological polar surface area (TPSA) is 35.5 Å². The fourth-order valence-corrected chi connectivity index (χ4v) is 3.68. The Hall–Kier alpha value is -1.84. The van der Waals surface area contributed by atoms with Gasteiger partial charge in [-0.2, -0.15) is 0 Å². The highest BCUT2D eigenvalue weighted by atomic mass is 16.3. The average Bonchev–Trinajstić information content (AvgIpc) is 2.69. The smallest absolute Gasteiger partial charge is 0.0449 e. The van der Waals surface area contributed by atoms with Gasteiger partial charge in [0.05, 0.1) is 0 Å². The van der Waals surface area contributed by atoms with Crippen molar-refractivity contribution in [2.75, 3.05) is 24.6 Å². The van der Waals surface area contributed by atoms with E-state index in [1.54, 1.807) is 0 Å². The number of hydrogen-bond donors (Lipinski definition) is 2. The first kappa shape index (κ1) is 18.0. The number of nitrogens with zero attached hydrogens (tertiary/aromatic N) is 1. The van der Waals surface area contributed by atoms with Crippen LogP contribution in [0.5, 0.6) is 0 Å². The Morgan fingerprint density at radius 2 is 1.60 bits per heavy atom. The number of aliphatic hydroxyl groups is 1. The van der Waals surface area contributed by atoms with Crippen LogP contribution in [0.4, 0.5) is 5.69 Å². The summed E-state index contributed by atoms with van der Waals surface area (Å²) in [4.78, 5) is 2.49. The second-order valence-electron chi connectivity index (χ2n) is 7.00. The molecule has 25 heavy (non-hydrogen) atoms. The second kappa shape index (κ2) is 9.02. The zero-order valence-electron chi connectivity index (χ0n) is 15.2. The van der Waals surface area contributed by atoms with Crippen molar-refractivity contribution in [3.63, 3.8) is 0 Å². The lowest BCUT2D eigenvalue weighted by Crippen LogP contribution is -2.29. The minimum absolute atomic E-state index is 0.169. The maximum Gasteiger partial charge on any atom is 0.0449 e. The molecule has 0 spiro atoms. The van der Waals surface area contributed by atoms with Crippen LogP contribution in [0, 0.1) is 0 Å². The molecule has 0 radical (unpaired) electrons. The predicted molar refractivity (Wildman–Crippen MR) is 105 cm³/mol. The summed E-state index contributed by atoms with van der Waals surface area (Å²) < 4.78 is 0. The van der Waals surface area contributed by atoms with Gasteiger partial charge in [0.15, 0.2) is 0 Å². The van der Waals surface area contributed by atoms with E-state index in [0.717, 1.165) is 6.42 Å². The SMILES string of the molecule is CC(N[C@H](CCO)c1ccccc1)c1ccc(N2CCCCC2)cc1. The summed E-state index contributed by atoms with van der Waals surface area (Å²) in [6, 6.07) is 19.8. The molecule has 1 fully saturated rings. The zero-order valence-corrected chi connectivity index (χ0v) is 15.2. The Bertz CT molecular complexity index is 620. The zero-order chi connectivity index (χ0) is 17.5. The predicted octanol–water partition coefficient (Wildman–Crippen LogP) is 4.45. The molecule has 1 saturated heterocycles. The van der Waals surface area contributed by atoms with Crippen molar-refractivity contribution in [3.8, 4) is 0 Å². The van der Waals surface area contributed by atoms with Gasteiger partial charge >= 0.3 is 0 Å². The van der Waals surface area contributed by atoms with Crippen LogP contribution in [-0.2, 0) is 0 Å². The highest BCUT2D eigenvalue weighted by Crippen LogP contribution is 2.25. The molecular weight excluding hydrogens is 308 g/mol. The summed E-state index contributed by atoms with van der Waals surface area (Å²) in [6.07, 6.45) is 4.70. The molecule has 3 rings (SSSR count). The molecule has 2 atom stereocenters. The van der Waals surface area contributed by atoms with Crippen LogP contribution in [0.15, 0.2) is 54.6 Å². The number of benzene rings is 2. The van der Waals surface area contributed by atoms with E-state index in [0.29, 0.717) is 0 Å². The van der Waals surface area contributed by atoms with Gasteiger partial charge in [0.25, 0.3) is 0 Å². The summed E-state index contributed by atoms with van der Waals surface area (Å²) in [5, 5.41) is 13.1. The molecule has 2 aromatic rings. The van der Waals surface area contributed by atoms with Crippen LogP contribution >= 0.6 is 0 Å². The van der Waals surface area contributed by atoms with E-state index in [2.05, 4.69) is 65.7 Å². The molecule has 3 heteroatoms. The van der Waals surface area contributed by atoms with Crippen LogP contribution in [0.2, 0.25) is 0 Å². The van der Waals surface area contributed by atoms with E-state index in [1.165, 1.54) is 49.2 Å². The normalized spacial score (nSPS) is 17.3. The summed E-state index contributed by atoms with van der Waals surface area (Å²) in [6.45, 7) is 4.75. The number of aliphatic hydroxyl groups excluding tert-OH is 1. The van der Waals surface area contributed by atoms with Crippen LogP contribution in [0.3, 0.4) is 0 Å². The molecule has 0 bridgehead atoms. The highest BCUT2D eigenvalue weighted by Gasteiger charge is 2.16. The maximum atomic E-state index is 9.42. The van der Waals surface area contributed by atoms with E-state index >= 15 is 0 Å². The van der Waals surface area contributed by atoms with Gasteiger partial charge in [-0.3, -0.25) is 0 Å². The third-order valence-corrected chi connectivity index (χ3v) is 5.19. The van der Waals surface area contributed by atoms with Crippen LogP contribution in [0.25, 0.3) is 0 Å². The summed E-state index contributed by atoms with van der Waals surface area (Å²) >= 11 is 0. The minimum atomic E-state index is 0.169. The van der Waals surface area contributed by atoms with Gasteiger partial charge in [0, 0.05) is 37.5 Å². The van der Waals surface area contributed by atoms with Crippen molar-refractivity contribution in [1.82, 2.24) is 5.32 Å². The molecule has 0 aromatic heterocycles. The molecule has 3 nitrogen and oxygen atoms in total. The average molecular weight is 338 g/mol. The fourth-order valence-electron chi connectivity index (χ4n) is 3.68. The largest absolute Gasteiger partial charge is 0.396 e. The van der Waals surface area contributed by atoms with Crippen molar-refractivity contribution in [3.05, 3.63) is 65.7 Å². The monoisotopic (exact) mass is 338 g/mol. The molecular formula is C22H30N2O. The summed E-state index contributed by atoms with van der Waals surface area (Å²) in [5.74, 6) is 0. The molecule has 1 unspecified atom stereocenters. The lowest BCUT2D eigenvalue weighted by molar-refractivity contribution is 0.260. The van der Waals surface area contributed by atoms with E-state index in [9.17, 15) is 5.11 Å². The van der Waals surface area contributed by atoms with Gasteiger partial charge in [0.2, 0.25) is 0 Å². The Labute approximate surface area is 151 Å². The van der Waals surface area contributed by atoms with Crippen molar-refractivity contribution in [2.45, 2.75) is 44.7 Å². The minimum Gasteiger partial charge on any atom is -0.396 e. The molecule has 2 aromatic carbocycles. The number of piperidine rings is 1. The molecule has 1 aliphatic heterocycles. The number of anilines is 1. The number of rotatable bonds is 7. The van der Waals surface area contributed by atoms with Gasteiger partial charge in [-0.05, 0) is 55.9 Å². The van der Waals surface area contributed by atoms with Crippen molar-refractivity contribution in [1.29, 1.82) is 0 Å². The van der Waals surface area contributed by atoms with E-state index in [4.69, 9.17) is 0 Å². The molecule has 2 N–H and O–H groups in total. The van der Waals surface area contributed by atoms with Gasteiger partial charge in [-0.15, -0.1) is 0 Å². The molecule has 1 heterocycles. The molecule has 0 aliphatic carbocycles. The third kappa shape index (κ3) is 4.83. The standard InChI is InChI=1S/C22H30N2O/c1-18(23-22(14-17-25)20-8-4-2-5-9-20)19-10-12-21(13-11-19)24-15-6-3-7-16-24/h2,4-5,8-13,18,22-23,25H,3,6-7,14-17H2,1H3/t18?,22-/m1/s1. The van der Waals surface area contributed by atoms with Gasteiger partial charge in [-0.25, -0.2) is 0 Å². The van der Waals surface area contributed by atoms with Gasteiger partial charge in [-0.1, -0.05) is 42.5 Å². The van der Waals surface area contributed by atoms with Crippen LogP contribution < -0.4 is 10.2 Å². The number of nitrogens with one attached hydrogen (secondary N) is 1. The lowest BCUT2D eigenvalue weighted by atomic mass is 10.0. The highest BCUT2D eigenvalue weighted by molar-refractivity contribution is 5.48. The lowest BCUT2D eigenvalue weighted by Gasteiger charge is -2.29. The first-order valence-electron chi connectivity index (χ1n) is 9.54. The van der Waals surface area contributed by atoms with Crippen molar-refractivity contribution >= 4 is 5.69 Å². The quantitative estimate of drug-likeness (QED) is 0.783. The maximum absolute atomic E-state index is 9.42. The molecule has 0 saturated carbocycles. The fraction of sp³-hybridized carbons (Fsp3) is 0.455. The first-order valence-corrected chi connectivity index (χ1v) is 9.54. The number of hydrogen-bond acceptors (Lipinski definition) is 3. The van der Waals surface area contributed by atoms with Gasteiger partial charge < -0.3 is 15.3 Å². The summed E-state index contributed by atoms with van der Waals surface area (Å²) in [5.41, 5.74) is 3.86. The first-order chi connectivity index (χ1) is 12.3.